The van der Waals surface area contributed by atoms with Gasteiger partial charge in [-0.2, -0.15) is 4.37 Å². The monoisotopic (exact) mass is 251 g/mol. The highest BCUT2D eigenvalue weighted by Crippen LogP contribution is 2.15. The van der Waals surface area contributed by atoms with Crippen LogP contribution in [0.15, 0.2) is 24.3 Å². The van der Waals surface area contributed by atoms with Crippen molar-refractivity contribution in [3.05, 3.63) is 41.5 Å². The van der Waals surface area contributed by atoms with Crippen molar-refractivity contribution < 1.29 is 4.39 Å². The molecule has 1 heterocycles. The molecule has 0 aliphatic carbocycles. The number of nitrogens with zero attached hydrogens (tertiary/aromatic N) is 2. The molecule has 1 aromatic heterocycles. The Morgan fingerprint density at radius 1 is 1.41 bits per heavy atom. The molecule has 5 heteroatoms. The Bertz CT molecular complexity index is 496. The minimum absolute atomic E-state index is 0.224. The molecule has 0 amide bonds. The summed E-state index contributed by atoms with van der Waals surface area (Å²) in [5.41, 5.74) is 0.888. The smallest absolute Gasteiger partial charge is 0.202 e. The molecule has 0 spiro atoms. The predicted molar refractivity (Wildman–Crippen MR) is 67.9 cm³/mol. The Morgan fingerprint density at radius 3 is 2.94 bits per heavy atom. The van der Waals surface area contributed by atoms with E-state index in [9.17, 15) is 4.39 Å². The minimum atomic E-state index is -0.224. The van der Waals surface area contributed by atoms with E-state index in [4.69, 9.17) is 0 Å². The van der Waals surface area contributed by atoms with Crippen molar-refractivity contribution in [2.75, 3.05) is 5.32 Å². The van der Waals surface area contributed by atoms with E-state index in [2.05, 4.69) is 14.7 Å². The molecule has 0 saturated heterocycles. The lowest BCUT2D eigenvalue weighted by Crippen LogP contribution is -2.09. The first kappa shape index (κ1) is 12.0. The van der Waals surface area contributed by atoms with Crippen molar-refractivity contribution in [2.24, 2.45) is 0 Å². The molecule has 3 nitrogen and oxygen atoms in total. The van der Waals surface area contributed by atoms with E-state index in [1.165, 1.54) is 23.7 Å². The minimum Gasteiger partial charge on any atom is -0.358 e. The highest BCUT2D eigenvalue weighted by atomic mass is 32.1. The normalized spacial score (nSPS) is 10.8. The van der Waals surface area contributed by atoms with E-state index < -0.39 is 0 Å². The van der Waals surface area contributed by atoms with E-state index in [-0.39, 0.29) is 5.82 Å². The van der Waals surface area contributed by atoms with Gasteiger partial charge in [0.2, 0.25) is 5.13 Å². The third-order valence-electron chi connectivity index (χ3n) is 2.13. The molecule has 0 radical (unpaired) electrons. The molecule has 0 aliphatic rings. The zero-order valence-corrected chi connectivity index (χ0v) is 10.6. The second kappa shape index (κ2) is 5.23. The van der Waals surface area contributed by atoms with Gasteiger partial charge < -0.3 is 5.32 Å². The number of hydrogen-bond acceptors (Lipinski definition) is 4. The first-order valence-electron chi connectivity index (χ1n) is 5.47. The van der Waals surface area contributed by atoms with Crippen LogP contribution >= 0.6 is 11.5 Å². The fourth-order valence-corrected chi connectivity index (χ4v) is 2.19. The summed E-state index contributed by atoms with van der Waals surface area (Å²) in [4.78, 5) is 4.35. The summed E-state index contributed by atoms with van der Waals surface area (Å²) in [6, 6.07) is 6.86. The van der Waals surface area contributed by atoms with Gasteiger partial charge in [0.15, 0.2) is 0 Å². The number of benzene rings is 1. The molecular weight excluding hydrogens is 237 g/mol. The highest BCUT2D eigenvalue weighted by molar-refractivity contribution is 7.09. The average Bonchev–Trinajstić information content (AvgIpc) is 2.64. The standard InChI is InChI=1S/C12H14FN3S/c1-8(2)14-12-15-11(16-17-12)7-9-4-3-5-10(13)6-9/h3-6,8H,7H2,1-2H3,(H,14,15,16). The van der Waals surface area contributed by atoms with Crippen LogP contribution in [0, 0.1) is 5.82 Å². The van der Waals surface area contributed by atoms with Crippen LogP contribution in [0.25, 0.3) is 0 Å². The number of hydrogen-bond donors (Lipinski definition) is 1. The van der Waals surface area contributed by atoms with Crippen molar-refractivity contribution in [3.8, 4) is 0 Å². The van der Waals surface area contributed by atoms with Gasteiger partial charge in [-0.15, -0.1) is 0 Å². The van der Waals surface area contributed by atoms with Crippen LogP contribution in [0.3, 0.4) is 0 Å². The fourth-order valence-electron chi connectivity index (χ4n) is 1.46. The third kappa shape index (κ3) is 3.49. The molecule has 0 saturated carbocycles. The molecule has 1 N–H and O–H groups in total. The number of rotatable bonds is 4. The van der Waals surface area contributed by atoms with E-state index >= 15 is 0 Å². The summed E-state index contributed by atoms with van der Waals surface area (Å²) in [5.74, 6) is 0.502. The molecular formula is C12H14FN3S. The Balaban J connectivity index is 2.06. The Kier molecular flexibility index (Phi) is 3.68. The van der Waals surface area contributed by atoms with E-state index in [0.717, 1.165) is 16.5 Å². The van der Waals surface area contributed by atoms with Crippen molar-refractivity contribution >= 4 is 16.7 Å². The second-order valence-corrected chi connectivity index (χ2v) is 4.87. The molecule has 2 rings (SSSR count). The molecule has 0 bridgehead atoms. The summed E-state index contributed by atoms with van der Waals surface area (Å²) in [7, 11) is 0. The van der Waals surface area contributed by atoms with Crippen LogP contribution in [0.1, 0.15) is 25.2 Å². The largest absolute Gasteiger partial charge is 0.358 e. The maximum atomic E-state index is 13.0. The van der Waals surface area contributed by atoms with Crippen LogP contribution in [-0.4, -0.2) is 15.4 Å². The molecule has 0 atom stereocenters. The topological polar surface area (TPSA) is 37.8 Å². The van der Waals surface area contributed by atoms with Crippen LogP contribution in [0.5, 0.6) is 0 Å². The van der Waals surface area contributed by atoms with Gasteiger partial charge in [0, 0.05) is 24.0 Å². The maximum Gasteiger partial charge on any atom is 0.202 e. The quantitative estimate of drug-likeness (QED) is 0.907. The maximum absolute atomic E-state index is 13.0. The lowest BCUT2D eigenvalue weighted by atomic mass is 10.1. The van der Waals surface area contributed by atoms with E-state index in [1.54, 1.807) is 6.07 Å². The number of anilines is 1. The fraction of sp³-hybridized carbons (Fsp3) is 0.333. The van der Waals surface area contributed by atoms with Crippen LogP contribution in [-0.2, 0) is 6.42 Å². The first-order valence-corrected chi connectivity index (χ1v) is 6.24. The van der Waals surface area contributed by atoms with Gasteiger partial charge in [0.25, 0.3) is 0 Å². The van der Waals surface area contributed by atoms with Crippen molar-refractivity contribution in [3.63, 3.8) is 0 Å². The van der Waals surface area contributed by atoms with Gasteiger partial charge in [-0.1, -0.05) is 12.1 Å². The molecule has 0 fully saturated rings. The number of aromatic nitrogens is 2. The van der Waals surface area contributed by atoms with Crippen molar-refractivity contribution in [2.45, 2.75) is 26.3 Å². The zero-order valence-electron chi connectivity index (χ0n) is 9.77. The Morgan fingerprint density at radius 2 is 2.24 bits per heavy atom. The van der Waals surface area contributed by atoms with Gasteiger partial charge in [0.05, 0.1) is 0 Å². The summed E-state index contributed by atoms with van der Waals surface area (Å²) in [6.07, 6.45) is 0.564. The number of halogens is 1. The third-order valence-corrected chi connectivity index (χ3v) is 2.82. The summed E-state index contributed by atoms with van der Waals surface area (Å²) < 4.78 is 17.2. The summed E-state index contributed by atoms with van der Waals surface area (Å²) in [5, 5.41) is 4.00. The second-order valence-electron chi connectivity index (χ2n) is 4.12. The van der Waals surface area contributed by atoms with E-state index in [0.29, 0.717) is 12.5 Å². The Hall–Kier alpha value is -1.49. The van der Waals surface area contributed by atoms with Crippen LogP contribution in [0.2, 0.25) is 0 Å². The lowest BCUT2D eigenvalue weighted by molar-refractivity contribution is 0.626. The molecule has 2 aromatic rings. The van der Waals surface area contributed by atoms with Gasteiger partial charge in [-0.05, 0) is 31.5 Å². The van der Waals surface area contributed by atoms with Crippen molar-refractivity contribution in [1.29, 1.82) is 0 Å². The highest BCUT2D eigenvalue weighted by Gasteiger charge is 2.06. The summed E-state index contributed by atoms with van der Waals surface area (Å²) >= 11 is 1.34. The zero-order chi connectivity index (χ0) is 12.3. The van der Waals surface area contributed by atoms with Crippen molar-refractivity contribution in [1.82, 2.24) is 9.36 Å². The van der Waals surface area contributed by atoms with Gasteiger partial charge >= 0.3 is 0 Å². The van der Waals surface area contributed by atoms with E-state index in [1.807, 2.05) is 19.9 Å². The molecule has 90 valence electrons. The molecule has 0 aliphatic heterocycles. The molecule has 0 unspecified atom stereocenters. The van der Waals surface area contributed by atoms with Gasteiger partial charge in [-0.3, -0.25) is 0 Å². The molecule has 17 heavy (non-hydrogen) atoms. The van der Waals surface area contributed by atoms with Gasteiger partial charge in [-0.25, -0.2) is 9.37 Å². The lowest BCUT2D eigenvalue weighted by Gasteiger charge is -2.03. The molecule has 1 aromatic carbocycles. The van der Waals surface area contributed by atoms with Crippen LogP contribution in [0.4, 0.5) is 9.52 Å². The van der Waals surface area contributed by atoms with Crippen LogP contribution < -0.4 is 5.32 Å². The predicted octanol–water partition coefficient (Wildman–Crippen LogP) is 3.09. The number of nitrogens with one attached hydrogen (secondary N) is 1. The Labute approximate surface area is 104 Å². The average molecular weight is 251 g/mol. The summed E-state index contributed by atoms with van der Waals surface area (Å²) in [6.45, 7) is 4.10. The first-order chi connectivity index (χ1) is 8.13. The van der Waals surface area contributed by atoms with Gasteiger partial charge in [0.1, 0.15) is 11.6 Å². The SMILES string of the molecule is CC(C)Nc1nc(Cc2cccc(F)c2)ns1.